The van der Waals surface area contributed by atoms with E-state index in [9.17, 15) is 14.4 Å². The number of nitrogens with two attached hydrogens (primary N) is 1. The molecule has 0 radical (unpaired) electrons. The van der Waals surface area contributed by atoms with Crippen LogP contribution in [0.2, 0.25) is 0 Å². The standard InChI is InChI=1S/C23H19NO5/c1-3-28-23(27)18-16(13-10-8-12(2)9-11-13)17-19(25)14-6-4-5-7-15(14)20(26)21(17)29-22(18)24/h4-11,16H,3,24H2,1-2H3. The average molecular weight is 389 g/mol. The maximum Gasteiger partial charge on any atom is 0.340 e. The summed E-state index contributed by atoms with van der Waals surface area (Å²) in [7, 11) is 0. The summed E-state index contributed by atoms with van der Waals surface area (Å²) in [5.41, 5.74) is 8.39. The third-order valence-corrected chi connectivity index (χ3v) is 5.07. The average Bonchev–Trinajstić information content (AvgIpc) is 2.72. The van der Waals surface area contributed by atoms with Crippen molar-refractivity contribution in [1.29, 1.82) is 0 Å². The van der Waals surface area contributed by atoms with Gasteiger partial charge in [0.15, 0.2) is 11.5 Å². The number of rotatable bonds is 3. The number of carbonyl (C=O) groups excluding carboxylic acids is 3. The first kappa shape index (κ1) is 18.7. The van der Waals surface area contributed by atoms with Gasteiger partial charge < -0.3 is 15.2 Å². The lowest BCUT2D eigenvalue weighted by atomic mass is 9.75. The van der Waals surface area contributed by atoms with E-state index in [2.05, 4.69) is 0 Å². The van der Waals surface area contributed by atoms with Crippen LogP contribution in [-0.4, -0.2) is 24.1 Å². The molecule has 2 aromatic carbocycles. The molecule has 4 rings (SSSR count). The van der Waals surface area contributed by atoms with Crippen LogP contribution in [0.25, 0.3) is 0 Å². The minimum Gasteiger partial charge on any atom is -0.462 e. The Morgan fingerprint density at radius 3 is 2.28 bits per heavy atom. The molecule has 0 fully saturated rings. The molecule has 2 aliphatic rings. The molecular formula is C23H19NO5. The SMILES string of the molecule is CCOC(=O)C1=C(N)OC2=C(C(=O)c3ccccc3C2=O)C1c1ccc(C)cc1. The van der Waals surface area contributed by atoms with Gasteiger partial charge in [-0.3, -0.25) is 9.59 Å². The van der Waals surface area contributed by atoms with Crippen LogP contribution in [0.5, 0.6) is 0 Å². The zero-order valence-electron chi connectivity index (χ0n) is 16.0. The molecule has 1 aliphatic heterocycles. The molecule has 0 aromatic heterocycles. The molecule has 0 saturated carbocycles. The highest BCUT2D eigenvalue weighted by Crippen LogP contribution is 2.44. The number of esters is 1. The van der Waals surface area contributed by atoms with Crippen molar-refractivity contribution in [1.82, 2.24) is 0 Å². The fourth-order valence-electron chi connectivity index (χ4n) is 3.71. The van der Waals surface area contributed by atoms with Crippen molar-refractivity contribution in [3.63, 3.8) is 0 Å². The quantitative estimate of drug-likeness (QED) is 0.810. The molecule has 1 aliphatic carbocycles. The third-order valence-electron chi connectivity index (χ3n) is 5.07. The van der Waals surface area contributed by atoms with Gasteiger partial charge in [-0.15, -0.1) is 0 Å². The molecule has 0 bridgehead atoms. The summed E-state index contributed by atoms with van der Waals surface area (Å²) in [6, 6.07) is 13.9. The second-order valence-electron chi connectivity index (χ2n) is 6.89. The van der Waals surface area contributed by atoms with Crippen LogP contribution >= 0.6 is 0 Å². The summed E-state index contributed by atoms with van der Waals surface area (Å²) in [6.07, 6.45) is 0. The monoisotopic (exact) mass is 389 g/mol. The van der Waals surface area contributed by atoms with Crippen molar-refractivity contribution in [2.45, 2.75) is 19.8 Å². The number of Topliss-reactive ketones (excluding diaryl/α,β-unsaturated/α-hetero) is 2. The Labute approximate surface area is 167 Å². The minimum atomic E-state index is -0.858. The second-order valence-corrected chi connectivity index (χ2v) is 6.89. The molecule has 1 heterocycles. The Hall–Kier alpha value is -3.67. The van der Waals surface area contributed by atoms with Gasteiger partial charge in [0.25, 0.3) is 0 Å². The molecular weight excluding hydrogens is 370 g/mol. The Balaban J connectivity index is 1.95. The van der Waals surface area contributed by atoms with Gasteiger partial charge in [0.2, 0.25) is 11.7 Å². The Morgan fingerprint density at radius 2 is 1.66 bits per heavy atom. The summed E-state index contributed by atoms with van der Waals surface area (Å²) in [5.74, 6) is -2.70. The summed E-state index contributed by atoms with van der Waals surface area (Å²) >= 11 is 0. The molecule has 146 valence electrons. The van der Waals surface area contributed by atoms with Gasteiger partial charge in [0, 0.05) is 11.1 Å². The zero-order chi connectivity index (χ0) is 20.7. The summed E-state index contributed by atoms with van der Waals surface area (Å²) in [4.78, 5) is 39.1. The number of hydrogen-bond donors (Lipinski definition) is 1. The summed E-state index contributed by atoms with van der Waals surface area (Å²) in [5, 5.41) is 0. The van der Waals surface area contributed by atoms with Gasteiger partial charge in [-0.2, -0.15) is 0 Å². The molecule has 6 nitrogen and oxygen atoms in total. The zero-order valence-corrected chi connectivity index (χ0v) is 16.0. The normalized spacial score (nSPS) is 18.2. The Kier molecular flexibility index (Phi) is 4.54. The molecule has 2 N–H and O–H groups in total. The van der Waals surface area contributed by atoms with Gasteiger partial charge in [-0.05, 0) is 19.4 Å². The number of fused-ring (bicyclic) bond motifs is 1. The van der Waals surface area contributed by atoms with Crippen molar-refractivity contribution < 1.29 is 23.9 Å². The summed E-state index contributed by atoms with van der Waals surface area (Å²) in [6.45, 7) is 3.74. The van der Waals surface area contributed by atoms with Crippen molar-refractivity contribution in [2.24, 2.45) is 5.73 Å². The highest BCUT2D eigenvalue weighted by Gasteiger charge is 2.45. The first-order valence-corrected chi connectivity index (χ1v) is 9.27. The molecule has 1 atom stereocenters. The van der Waals surface area contributed by atoms with Gasteiger partial charge in [-0.25, -0.2) is 4.79 Å². The molecule has 6 heteroatoms. The second kappa shape index (κ2) is 7.05. The fraction of sp³-hybridized carbons (Fsp3) is 0.174. The summed E-state index contributed by atoms with van der Waals surface area (Å²) < 4.78 is 10.7. The number of hydrogen-bond acceptors (Lipinski definition) is 6. The van der Waals surface area contributed by atoms with Crippen LogP contribution in [-0.2, 0) is 14.3 Å². The molecule has 0 spiro atoms. The van der Waals surface area contributed by atoms with Crippen LogP contribution in [0.1, 0.15) is 44.7 Å². The number of aryl methyl sites for hydroxylation is 1. The van der Waals surface area contributed by atoms with E-state index in [1.165, 1.54) is 0 Å². The largest absolute Gasteiger partial charge is 0.462 e. The number of allylic oxidation sites excluding steroid dienone is 2. The van der Waals surface area contributed by atoms with Crippen molar-refractivity contribution in [3.8, 4) is 0 Å². The van der Waals surface area contributed by atoms with E-state index >= 15 is 0 Å². The fourth-order valence-corrected chi connectivity index (χ4v) is 3.71. The molecule has 2 aromatic rings. The van der Waals surface area contributed by atoms with Gasteiger partial charge in [0.1, 0.15) is 5.57 Å². The highest BCUT2D eigenvalue weighted by molar-refractivity contribution is 6.27. The predicted octanol–water partition coefficient (Wildman–Crippen LogP) is 3.18. The van der Waals surface area contributed by atoms with E-state index in [0.717, 1.165) is 5.56 Å². The van der Waals surface area contributed by atoms with Crippen LogP contribution in [0.15, 0.2) is 71.3 Å². The Bertz CT molecular complexity index is 1110. The first-order chi connectivity index (χ1) is 13.9. The van der Waals surface area contributed by atoms with E-state index in [0.29, 0.717) is 5.56 Å². The molecule has 0 amide bonds. The topological polar surface area (TPSA) is 95.7 Å². The van der Waals surface area contributed by atoms with Crippen molar-refractivity contribution in [2.75, 3.05) is 6.61 Å². The number of ketones is 2. The number of benzene rings is 2. The number of carbonyl (C=O) groups is 3. The van der Waals surface area contributed by atoms with Gasteiger partial charge in [0.05, 0.1) is 18.1 Å². The van der Waals surface area contributed by atoms with Crippen LogP contribution in [0, 0.1) is 6.92 Å². The predicted molar refractivity (Wildman–Crippen MR) is 105 cm³/mol. The van der Waals surface area contributed by atoms with Crippen LogP contribution < -0.4 is 5.73 Å². The Morgan fingerprint density at radius 1 is 1.03 bits per heavy atom. The van der Waals surface area contributed by atoms with Crippen molar-refractivity contribution in [3.05, 3.63) is 93.6 Å². The number of ether oxygens (including phenoxy) is 2. The lowest BCUT2D eigenvalue weighted by Gasteiger charge is -2.32. The highest BCUT2D eigenvalue weighted by atomic mass is 16.5. The van der Waals surface area contributed by atoms with E-state index in [1.54, 1.807) is 43.3 Å². The van der Waals surface area contributed by atoms with Gasteiger partial charge >= 0.3 is 5.97 Å². The van der Waals surface area contributed by atoms with E-state index in [4.69, 9.17) is 15.2 Å². The first-order valence-electron chi connectivity index (χ1n) is 9.27. The lowest BCUT2D eigenvalue weighted by molar-refractivity contribution is -0.139. The minimum absolute atomic E-state index is 0.0231. The molecule has 29 heavy (non-hydrogen) atoms. The maximum atomic E-state index is 13.4. The van der Waals surface area contributed by atoms with E-state index in [1.807, 2.05) is 19.1 Å². The van der Waals surface area contributed by atoms with Crippen molar-refractivity contribution >= 4 is 17.5 Å². The van der Waals surface area contributed by atoms with Gasteiger partial charge in [-0.1, -0.05) is 54.1 Å². The smallest absolute Gasteiger partial charge is 0.340 e. The van der Waals surface area contributed by atoms with E-state index < -0.39 is 17.7 Å². The van der Waals surface area contributed by atoms with E-state index in [-0.39, 0.29) is 46.3 Å². The lowest BCUT2D eigenvalue weighted by Crippen LogP contribution is -2.35. The molecule has 1 unspecified atom stereocenters. The van der Waals surface area contributed by atoms with Crippen LogP contribution in [0.3, 0.4) is 0 Å². The third kappa shape index (κ3) is 2.93. The van der Waals surface area contributed by atoms with Crippen LogP contribution in [0.4, 0.5) is 0 Å². The molecule has 0 saturated heterocycles. The maximum absolute atomic E-state index is 13.4.